The summed E-state index contributed by atoms with van der Waals surface area (Å²) in [6.07, 6.45) is 15.1. The molecule has 0 spiro atoms. The molecule has 0 radical (unpaired) electrons. The van der Waals surface area contributed by atoms with Gasteiger partial charge in [0, 0.05) is 54.5 Å². The van der Waals surface area contributed by atoms with Gasteiger partial charge in [-0.25, -0.2) is 0 Å². The molecule has 1 nitrogen and oxygen atoms in total. The molecule has 6 rings (SSSR count). The molecular weight excluding hydrogens is 390 g/mol. The van der Waals surface area contributed by atoms with Gasteiger partial charge in [0.2, 0.25) is 0 Å². The zero-order chi connectivity index (χ0) is 19.7. The summed E-state index contributed by atoms with van der Waals surface area (Å²) < 4.78 is 3.74. The average Bonchev–Trinajstić information content (AvgIpc) is 3.34. The molecule has 3 heteroatoms. The Morgan fingerprint density at radius 3 is 2.66 bits per heavy atom. The van der Waals surface area contributed by atoms with E-state index >= 15 is 0 Å². The highest BCUT2D eigenvalue weighted by Gasteiger charge is 2.32. The average molecular weight is 412 g/mol. The van der Waals surface area contributed by atoms with E-state index in [1.165, 1.54) is 52.8 Å². The van der Waals surface area contributed by atoms with Crippen molar-refractivity contribution < 1.29 is 0 Å². The van der Waals surface area contributed by atoms with E-state index in [1.807, 2.05) is 35.3 Å². The molecule has 0 saturated heterocycles. The fourth-order valence-corrected chi connectivity index (χ4v) is 7.29. The number of nitrogens with zero attached hydrogens (tertiary/aromatic N) is 1. The minimum absolute atomic E-state index is 0.507. The highest BCUT2D eigenvalue weighted by atomic mass is 32.2. The van der Waals surface area contributed by atoms with Gasteiger partial charge in [-0.15, -0.1) is 23.1 Å². The Kier molecular flexibility index (Phi) is 3.75. The van der Waals surface area contributed by atoms with E-state index in [0.29, 0.717) is 11.2 Å². The first-order valence-electron chi connectivity index (χ1n) is 9.95. The van der Waals surface area contributed by atoms with Gasteiger partial charge < -0.3 is 4.57 Å². The largest absolute Gasteiger partial charge is 0.344 e. The highest BCUT2D eigenvalue weighted by Crippen LogP contribution is 2.50. The van der Waals surface area contributed by atoms with E-state index in [0.717, 1.165) is 0 Å². The number of hydrogen-bond donors (Lipinski definition) is 0. The number of fused-ring (bicyclic) bond motifs is 7. The molecule has 2 aliphatic rings. The number of thioether (sulfide) groups is 1. The number of rotatable bonds is 2. The molecule has 4 aromatic rings. The topological polar surface area (TPSA) is 4.93 Å². The van der Waals surface area contributed by atoms with Crippen LogP contribution < -0.4 is 0 Å². The van der Waals surface area contributed by atoms with Crippen LogP contribution in [-0.4, -0.2) is 9.82 Å². The molecule has 29 heavy (non-hydrogen) atoms. The van der Waals surface area contributed by atoms with Crippen LogP contribution in [0.1, 0.15) is 21.9 Å². The van der Waals surface area contributed by atoms with E-state index in [9.17, 15) is 0 Å². The summed E-state index contributed by atoms with van der Waals surface area (Å²) in [5, 5.41) is 4.64. The number of thiophene rings is 1. The molecule has 0 bridgehead atoms. The third kappa shape index (κ3) is 2.41. The Bertz CT molecular complexity index is 1420. The van der Waals surface area contributed by atoms with Gasteiger partial charge in [-0.05, 0) is 53.8 Å². The first-order chi connectivity index (χ1) is 14.2. The van der Waals surface area contributed by atoms with Crippen molar-refractivity contribution in [2.45, 2.75) is 23.0 Å². The predicted molar refractivity (Wildman–Crippen MR) is 130 cm³/mol. The maximum absolute atomic E-state index is 3.80. The standard InChI is InChI=1S/C26H21NS2/c1-4-5-9-23-15(2)17-11-21-18(13-25(17)28-23)19-14-26-20(12-22(19)27(21)3)16-8-6-7-10-24(16)29-26/h4-14,16,24H,1H2,2-3H3/b9-5-. The van der Waals surface area contributed by atoms with Gasteiger partial charge >= 0.3 is 0 Å². The smallest absolute Gasteiger partial charge is 0.0495 e. The van der Waals surface area contributed by atoms with E-state index in [1.54, 1.807) is 0 Å². The van der Waals surface area contributed by atoms with Crippen LogP contribution in [0, 0.1) is 6.92 Å². The first-order valence-corrected chi connectivity index (χ1v) is 11.7. The molecule has 0 amide bonds. The Labute approximate surface area is 178 Å². The van der Waals surface area contributed by atoms with Crippen LogP contribution in [0.3, 0.4) is 0 Å². The molecule has 142 valence electrons. The molecule has 2 aromatic carbocycles. The van der Waals surface area contributed by atoms with Crippen molar-refractivity contribution in [3.8, 4) is 0 Å². The van der Waals surface area contributed by atoms with Crippen molar-refractivity contribution in [2.24, 2.45) is 7.05 Å². The van der Waals surface area contributed by atoms with Gasteiger partial charge in [0.05, 0.1) is 0 Å². The van der Waals surface area contributed by atoms with Crippen molar-refractivity contribution in [1.82, 2.24) is 4.57 Å². The quantitative estimate of drug-likeness (QED) is 0.305. The van der Waals surface area contributed by atoms with E-state index in [-0.39, 0.29) is 0 Å². The second kappa shape index (κ2) is 6.25. The van der Waals surface area contributed by atoms with Gasteiger partial charge in [0.15, 0.2) is 0 Å². The molecule has 1 aliphatic carbocycles. The summed E-state index contributed by atoms with van der Waals surface area (Å²) in [7, 11) is 2.21. The zero-order valence-electron chi connectivity index (χ0n) is 16.5. The second-order valence-electron chi connectivity index (χ2n) is 7.90. The van der Waals surface area contributed by atoms with Crippen LogP contribution >= 0.6 is 23.1 Å². The summed E-state index contributed by atoms with van der Waals surface area (Å²) in [6.45, 7) is 6.03. The maximum atomic E-state index is 3.80. The maximum Gasteiger partial charge on any atom is 0.0495 e. The fourth-order valence-electron chi connectivity index (χ4n) is 4.78. The Morgan fingerprint density at radius 1 is 1.00 bits per heavy atom. The summed E-state index contributed by atoms with van der Waals surface area (Å²) in [5.74, 6) is 0.507. The number of benzene rings is 2. The Balaban J connectivity index is 1.62. The van der Waals surface area contributed by atoms with Gasteiger partial charge in [0.25, 0.3) is 0 Å². The lowest BCUT2D eigenvalue weighted by Crippen LogP contribution is -2.06. The minimum atomic E-state index is 0.507. The van der Waals surface area contributed by atoms with Crippen molar-refractivity contribution in [1.29, 1.82) is 0 Å². The lowest BCUT2D eigenvalue weighted by molar-refractivity contribution is 0.880. The lowest BCUT2D eigenvalue weighted by atomic mass is 9.92. The van der Waals surface area contributed by atoms with Crippen LogP contribution in [0.4, 0.5) is 0 Å². The summed E-state index contributed by atoms with van der Waals surface area (Å²) in [4.78, 5) is 2.76. The molecule has 2 atom stereocenters. The molecular formula is C26H21NS2. The molecule has 2 aromatic heterocycles. The summed E-state index contributed by atoms with van der Waals surface area (Å²) in [6, 6.07) is 9.65. The van der Waals surface area contributed by atoms with E-state index < -0.39 is 0 Å². The molecule has 0 saturated carbocycles. The van der Waals surface area contributed by atoms with Crippen LogP contribution in [0.2, 0.25) is 0 Å². The molecule has 2 unspecified atom stereocenters. The Morgan fingerprint density at radius 2 is 1.79 bits per heavy atom. The van der Waals surface area contributed by atoms with Crippen molar-refractivity contribution in [3.05, 3.63) is 83.3 Å². The second-order valence-corrected chi connectivity index (χ2v) is 10.2. The number of hydrogen-bond acceptors (Lipinski definition) is 2. The van der Waals surface area contributed by atoms with E-state index in [4.69, 9.17) is 0 Å². The van der Waals surface area contributed by atoms with E-state index in [2.05, 4.69) is 79.8 Å². The highest BCUT2D eigenvalue weighted by molar-refractivity contribution is 8.00. The van der Waals surface area contributed by atoms with Gasteiger partial charge in [-0.1, -0.05) is 43.0 Å². The van der Waals surface area contributed by atoms with Gasteiger partial charge in [-0.2, -0.15) is 0 Å². The molecule has 0 N–H and O–H groups in total. The fraction of sp³-hybridized carbons (Fsp3) is 0.154. The van der Waals surface area contributed by atoms with Crippen LogP contribution in [0.5, 0.6) is 0 Å². The summed E-state index contributed by atoms with van der Waals surface area (Å²) >= 11 is 3.88. The van der Waals surface area contributed by atoms with Crippen molar-refractivity contribution in [3.63, 3.8) is 0 Å². The van der Waals surface area contributed by atoms with Gasteiger partial charge in [0.1, 0.15) is 0 Å². The Hall–Kier alpha value is -2.49. The number of aryl methyl sites for hydroxylation is 2. The van der Waals surface area contributed by atoms with Crippen LogP contribution in [0.15, 0.2) is 72.2 Å². The lowest BCUT2D eigenvalue weighted by Gasteiger charge is -2.14. The summed E-state index contributed by atoms with van der Waals surface area (Å²) in [5.41, 5.74) is 5.49. The van der Waals surface area contributed by atoms with Crippen molar-refractivity contribution in [2.75, 3.05) is 0 Å². The first kappa shape index (κ1) is 17.4. The normalized spacial score (nSPS) is 20.3. The van der Waals surface area contributed by atoms with Crippen LogP contribution in [-0.2, 0) is 7.05 Å². The number of aromatic nitrogens is 1. The van der Waals surface area contributed by atoms with Crippen molar-refractivity contribution >= 4 is 61.1 Å². The van der Waals surface area contributed by atoms with Gasteiger partial charge in [-0.3, -0.25) is 0 Å². The van der Waals surface area contributed by atoms with Crippen LogP contribution in [0.25, 0.3) is 38.0 Å². The number of allylic oxidation sites excluding steroid dienone is 5. The third-order valence-electron chi connectivity index (χ3n) is 6.32. The molecule has 0 fully saturated rings. The zero-order valence-corrected chi connectivity index (χ0v) is 18.1. The predicted octanol–water partition coefficient (Wildman–Crippen LogP) is 7.74. The monoisotopic (exact) mass is 411 g/mol. The minimum Gasteiger partial charge on any atom is -0.344 e. The third-order valence-corrected chi connectivity index (χ3v) is 8.87. The molecule has 3 heterocycles. The SMILES string of the molecule is C=C/C=C\c1sc2cc3c4cc5c(cc4n(C)c3cc2c1C)C1C=CC=CC1S5. The molecule has 1 aliphatic heterocycles.